The fraction of sp³-hybridized carbons (Fsp3) is 0.562. The Morgan fingerprint density at radius 1 is 1.43 bits per heavy atom. The smallest absolute Gasteiger partial charge is 0.322 e. The number of nitrogens with zero attached hydrogens (tertiary/aromatic N) is 1. The van der Waals surface area contributed by atoms with Gasteiger partial charge in [0.1, 0.15) is 11.8 Å². The normalized spacial score (nSPS) is 18.1. The van der Waals surface area contributed by atoms with Crippen LogP contribution in [0.3, 0.4) is 0 Å². The monoisotopic (exact) mass is 290 g/mol. The van der Waals surface area contributed by atoms with E-state index in [9.17, 15) is 9.90 Å². The lowest BCUT2D eigenvalue weighted by molar-refractivity contribution is -0.142. The molecule has 0 saturated heterocycles. The van der Waals surface area contributed by atoms with E-state index in [2.05, 4.69) is 9.64 Å². The van der Waals surface area contributed by atoms with E-state index < -0.39 is 12.0 Å². The predicted molar refractivity (Wildman–Crippen MR) is 80.7 cm³/mol. The van der Waals surface area contributed by atoms with E-state index in [0.29, 0.717) is 12.2 Å². The van der Waals surface area contributed by atoms with Crippen molar-refractivity contribution in [2.45, 2.75) is 38.1 Å². The molecule has 0 bridgehead atoms. The molecule has 0 fully saturated rings. The molecular weight excluding hydrogens is 268 g/mol. The van der Waals surface area contributed by atoms with E-state index in [1.807, 2.05) is 6.07 Å². The van der Waals surface area contributed by atoms with Gasteiger partial charge in [-0.1, -0.05) is 0 Å². The molecule has 1 aromatic carbocycles. The minimum absolute atomic E-state index is 0.318. The summed E-state index contributed by atoms with van der Waals surface area (Å²) in [5.74, 6) is -0.123. The van der Waals surface area contributed by atoms with E-state index >= 15 is 0 Å². The zero-order chi connectivity index (χ0) is 15.0. The first-order valence-corrected chi connectivity index (χ1v) is 7.56. The molecule has 1 atom stereocenters. The average Bonchev–Trinajstić information content (AvgIpc) is 2.51. The summed E-state index contributed by atoms with van der Waals surface area (Å²) in [7, 11) is 1.33. The minimum Gasteiger partial charge on any atom is -0.507 e. The van der Waals surface area contributed by atoms with Gasteiger partial charge in [-0.15, -0.1) is 0 Å². The number of phenols is 1. The van der Waals surface area contributed by atoms with Crippen molar-refractivity contribution >= 4 is 11.7 Å². The molecule has 21 heavy (non-hydrogen) atoms. The summed E-state index contributed by atoms with van der Waals surface area (Å²) < 4.78 is 4.67. The molecule has 114 valence electrons. The summed E-state index contributed by atoms with van der Waals surface area (Å²) in [6, 6.07) is 1.29. The van der Waals surface area contributed by atoms with E-state index in [4.69, 9.17) is 5.73 Å². The molecule has 3 rings (SSSR count). The van der Waals surface area contributed by atoms with Crippen molar-refractivity contribution in [2.75, 3.05) is 25.1 Å². The maximum atomic E-state index is 11.5. The van der Waals surface area contributed by atoms with Gasteiger partial charge in [0.2, 0.25) is 0 Å². The summed E-state index contributed by atoms with van der Waals surface area (Å²) in [6.45, 7) is 2.14. The molecule has 2 aliphatic heterocycles. The summed E-state index contributed by atoms with van der Waals surface area (Å²) in [5.41, 5.74) is 10.1. The van der Waals surface area contributed by atoms with Gasteiger partial charge < -0.3 is 20.5 Å². The topological polar surface area (TPSA) is 75.8 Å². The standard InChI is InChI=1S/C16H22N2O3/c1-21-16(20)13(17)9-11-8-10-4-2-6-18-7-3-5-12(14(10)18)15(11)19/h8,13,19H,2-7,9,17H2,1H3. The van der Waals surface area contributed by atoms with Gasteiger partial charge in [0.05, 0.1) is 7.11 Å². The van der Waals surface area contributed by atoms with Crippen LogP contribution in [-0.4, -0.2) is 37.3 Å². The maximum absolute atomic E-state index is 11.5. The Balaban J connectivity index is 1.98. The third-order valence-corrected chi connectivity index (χ3v) is 4.52. The number of phenolic OH excluding ortho intramolecular Hbond substituents is 1. The van der Waals surface area contributed by atoms with Crippen LogP contribution in [0.1, 0.15) is 29.5 Å². The Bertz CT molecular complexity index is 569. The van der Waals surface area contributed by atoms with Crippen molar-refractivity contribution in [3.05, 3.63) is 22.8 Å². The third kappa shape index (κ3) is 2.46. The van der Waals surface area contributed by atoms with Gasteiger partial charge in [-0.25, -0.2) is 0 Å². The van der Waals surface area contributed by atoms with Crippen LogP contribution < -0.4 is 10.6 Å². The number of methoxy groups -OCH3 is 1. The Morgan fingerprint density at radius 3 is 2.86 bits per heavy atom. The quantitative estimate of drug-likeness (QED) is 0.816. The molecule has 5 heteroatoms. The highest BCUT2D eigenvalue weighted by Gasteiger charge is 2.28. The Kier molecular flexibility index (Phi) is 3.76. The highest BCUT2D eigenvalue weighted by Crippen LogP contribution is 2.42. The molecule has 1 unspecified atom stereocenters. The third-order valence-electron chi connectivity index (χ3n) is 4.52. The summed E-state index contributed by atoms with van der Waals surface area (Å²) in [6.07, 6.45) is 4.44. The first kappa shape index (κ1) is 14.2. The number of rotatable bonds is 3. The largest absolute Gasteiger partial charge is 0.507 e. The van der Waals surface area contributed by atoms with Crippen LogP contribution in [0.25, 0.3) is 0 Å². The number of carbonyl (C=O) groups excluding carboxylic acids is 1. The molecule has 2 heterocycles. The molecule has 0 radical (unpaired) electrons. The van der Waals surface area contributed by atoms with Gasteiger partial charge in [0.15, 0.2) is 0 Å². The number of hydrogen-bond acceptors (Lipinski definition) is 5. The fourth-order valence-corrected chi connectivity index (χ4v) is 3.54. The molecule has 0 aliphatic carbocycles. The Hall–Kier alpha value is -1.75. The van der Waals surface area contributed by atoms with Gasteiger partial charge >= 0.3 is 5.97 Å². The van der Waals surface area contributed by atoms with Crippen LogP contribution >= 0.6 is 0 Å². The van der Waals surface area contributed by atoms with E-state index in [0.717, 1.165) is 49.9 Å². The summed E-state index contributed by atoms with van der Waals surface area (Å²) in [5, 5.41) is 10.6. The first-order chi connectivity index (χ1) is 10.1. The molecule has 5 nitrogen and oxygen atoms in total. The first-order valence-electron chi connectivity index (χ1n) is 7.56. The molecule has 0 amide bonds. The van der Waals surface area contributed by atoms with Crippen LogP contribution in [-0.2, 0) is 28.8 Å². The zero-order valence-electron chi connectivity index (χ0n) is 12.4. The van der Waals surface area contributed by atoms with Crippen LogP contribution in [0, 0.1) is 0 Å². The number of esters is 1. The van der Waals surface area contributed by atoms with Crippen molar-refractivity contribution in [1.82, 2.24) is 0 Å². The number of aryl methyl sites for hydroxylation is 1. The highest BCUT2D eigenvalue weighted by atomic mass is 16.5. The van der Waals surface area contributed by atoms with Gasteiger partial charge in [-0.05, 0) is 42.9 Å². The Morgan fingerprint density at radius 2 is 2.14 bits per heavy atom. The SMILES string of the molecule is COC(=O)C(N)Cc1cc2c3c(c1O)CCCN3CCC2. The molecule has 1 aromatic rings. The minimum atomic E-state index is -0.727. The number of aromatic hydroxyl groups is 1. The van der Waals surface area contributed by atoms with Crippen LogP contribution in [0.15, 0.2) is 6.07 Å². The second-order valence-corrected chi connectivity index (χ2v) is 5.90. The fourth-order valence-electron chi connectivity index (χ4n) is 3.54. The predicted octanol–water partition coefficient (Wildman–Crippen LogP) is 1.13. The molecule has 0 spiro atoms. The average molecular weight is 290 g/mol. The molecular formula is C16H22N2O3. The van der Waals surface area contributed by atoms with Crippen molar-refractivity contribution in [1.29, 1.82) is 0 Å². The number of nitrogens with two attached hydrogens (primary N) is 1. The van der Waals surface area contributed by atoms with Crippen LogP contribution in [0.5, 0.6) is 5.75 Å². The lowest BCUT2D eigenvalue weighted by Gasteiger charge is -2.37. The van der Waals surface area contributed by atoms with E-state index in [1.165, 1.54) is 18.4 Å². The maximum Gasteiger partial charge on any atom is 0.322 e. The van der Waals surface area contributed by atoms with E-state index in [1.54, 1.807) is 0 Å². The molecule has 0 saturated carbocycles. The lowest BCUT2D eigenvalue weighted by Crippen LogP contribution is -2.36. The molecule has 0 aromatic heterocycles. The van der Waals surface area contributed by atoms with Crippen LogP contribution in [0.2, 0.25) is 0 Å². The number of anilines is 1. The number of hydrogen-bond donors (Lipinski definition) is 2. The Labute approximate surface area is 124 Å². The molecule has 3 N–H and O–H groups in total. The van der Waals surface area contributed by atoms with Crippen molar-refractivity contribution in [3.8, 4) is 5.75 Å². The second kappa shape index (κ2) is 5.56. The van der Waals surface area contributed by atoms with Gasteiger partial charge in [-0.3, -0.25) is 4.79 Å². The van der Waals surface area contributed by atoms with Crippen molar-refractivity contribution < 1.29 is 14.6 Å². The van der Waals surface area contributed by atoms with Gasteiger partial charge in [0.25, 0.3) is 0 Å². The van der Waals surface area contributed by atoms with Crippen LogP contribution in [0.4, 0.5) is 5.69 Å². The van der Waals surface area contributed by atoms with Gasteiger partial charge in [0, 0.05) is 30.8 Å². The second-order valence-electron chi connectivity index (χ2n) is 5.90. The number of carbonyl (C=O) groups is 1. The van der Waals surface area contributed by atoms with Crippen molar-refractivity contribution in [2.24, 2.45) is 5.73 Å². The summed E-state index contributed by atoms with van der Waals surface area (Å²) in [4.78, 5) is 13.9. The number of benzene rings is 1. The summed E-state index contributed by atoms with van der Waals surface area (Å²) >= 11 is 0. The molecule has 2 aliphatic rings. The van der Waals surface area contributed by atoms with Gasteiger partial charge in [-0.2, -0.15) is 0 Å². The highest BCUT2D eigenvalue weighted by molar-refractivity contribution is 5.76. The lowest BCUT2D eigenvalue weighted by atomic mass is 9.87. The zero-order valence-corrected chi connectivity index (χ0v) is 12.4. The van der Waals surface area contributed by atoms with E-state index in [-0.39, 0.29) is 0 Å². The number of ether oxygens (including phenoxy) is 1. The van der Waals surface area contributed by atoms with Crippen molar-refractivity contribution in [3.63, 3.8) is 0 Å².